The van der Waals surface area contributed by atoms with Crippen molar-refractivity contribution in [3.05, 3.63) is 18.2 Å². The van der Waals surface area contributed by atoms with E-state index in [0.717, 1.165) is 38.7 Å². The maximum absolute atomic E-state index is 12.3. The average Bonchev–Trinajstić information content (AvgIpc) is 2.54. The number of urea groups is 1. The van der Waals surface area contributed by atoms with Crippen molar-refractivity contribution in [2.75, 3.05) is 43.0 Å². The highest BCUT2D eigenvalue weighted by molar-refractivity contribution is 7.92. The van der Waals surface area contributed by atoms with Crippen molar-refractivity contribution in [3.8, 4) is 5.75 Å². The van der Waals surface area contributed by atoms with Gasteiger partial charge in [-0.3, -0.25) is 4.72 Å². The van der Waals surface area contributed by atoms with E-state index in [2.05, 4.69) is 20.3 Å². The normalized spacial score (nSPS) is 25.3. The molecule has 3 heterocycles. The molecule has 0 saturated carbocycles. The van der Waals surface area contributed by atoms with E-state index < -0.39 is 10.0 Å². The number of nitrogens with zero attached hydrogens (tertiary/aromatic N) is 1. The number of carbonyl (C=O) groups excluding carboxylic acids is 1. The van der Waals surface area contributed by atoms with Crippen LogP contribution in [0.2, 0.25) is 0 Å². The van der Waals surface area contributed by atoms with Gasteiger partial charge in [0.15, 0.2) is 0 Å². The van der Waals surface area contributed by atoms with Crippen LogP contribution in [0.5, 0.6) is 5.75 Å². The lowest BCUT2D eigenvalue weighted by Crippen LogP contribution is -2.57. The highest BCUT2D eigenvalue weighted by atomic mass is 32.2. The number of nitrogens with one attached hydrogen (secondary N) is 3. The summed E-state index contributed by atoms with van der Waals surface area (Å²) in [5, 5.41) is 5.80. The Kier molecular flexibility index (Phi) is 5.05. The first-order chi connectivity index (χ1) is 11.8. The van der Waals surface area contributed by atoms with Gasteiger partial charge in [0.25, 0.3) is 0 Å². The van der Waals surface area contributed by atoms with Crippen LogP contribution in [0.1, 0.15) is 12.8 Å². The lowest BCUT2D eigenvalue weighted by atomic mass is 9.84. The van der Waals surface area contributed by atoms with Gasteiger partial charge in [-0.1, -0.05) is 0 Å². The molecule has 3 fully saturated rings. The van der Waals surface area contributed by atoms with Gasteiger partial charge < -0.3 is 20.3 Å². The zero-order valence-corrected chi connectivity index (χ0v) is 15.2. The molecule has 3 N–H and O–H groups in total. The number of methoxy groups -OCH3 is 1. The van der Waals surface area contributed by atoms with Crippen molar-refractivity contribution < 1.29 is 17.9 Å². The van der Waals surface area contributed by atoms with E-state index in [1.54, 1.807) is 12.1 Å². The van der Waals surface area contributed by atoms with Gasteiger partial charge in [0.2, 0.25) is 10.0 Å². The Bertz CT molecular complexity index is 745. The van der Waals surface area contributed by atoms with Crippen LogP contribution in [0.15, 0.2) is 18.2 Å². The third-order valence-corrected chi connectivity index (χ3v) is 5.32. The molecule has 8 nitrogen and oxygen atoms in total. The third-order valence-electron chi connectivity index (χ3n) is 4.73. The van der Waals surface area contributed by atoms with Crippen molar-refractivity contribution >= 4 is 27.4 Å². The molecule has 3 saturated heterocycles. The number of rotatable bonds is 5. The van der Waals surface area contributed by atoms with Gasteiger partial charge in [0.1, 0.15) is 5.75 Å². The predicted octanol–water partition coefficient (Wildman–Crippen LogP) is 1.28. The van der Waals surface area contributed by atoms with E-state index >= 15 is 0 Å². The molecule has 9 heteroatoms. The zero-order chi connectivity index (χ0) is 18.0. The van der Waals surface area contributed by atoms with Crippen molar-refractivity contribution in [2.45, 2.75) is 18.9 Å². The highest BCUT2D eigenvalue weighted by Gasteiger charge is 2.34. The molecule has 3 aliphatic heterocycles. The van der Waals surface area contributed by atoms with Gasteiger partial charge in [0.05, 0.1) is 19.1 Å². The van der Waals surface area contributed by atoms with Crippen LogP contribution in [0.4, 0.5) is 16.2 Å². The van der Waals surface area contributed by atoms with Crippen LogP contribution in [-0.2, 0) is 10.0 Å². The summed E-state index contributed by atoms with van der Waals surface area (Å²) in [6.07, 6.45) is 3.30. The topological polar surface area (TPSA) is 99.8 Å². The summed E-state index contributed by atoms with van der Waals surface area (Å²) < 4.78 is 30.5. The molecule has 2 amide bonds. The quantitative estimate of drug-likeness (QED) is 0.727. The van der Waals surface area contributed by atoms with Crippen LogP contribution in [0.25, 0.3) is 0 Å². The second-order valence-electron chi connectivity index (χ2n) is 6.63. The number of fused-ring (bicyclic) bond motifs is 3. The van der Waals surface area contributed by atoms with Gasteiger partial charge in [-0.15, -0.1) is 0 Å². The van der Waals surface area contributed by atoms with Crippen LogP contribution in [0, 0.1) is 5.92 Å². The van der Waals surface area contributed by atoms with Gasteiger partial charge in [-0.2, -0.15) is 0 Å². The van der Waals surface area contributed by atoms with E-state index in [4.69, 9.17) is 4.74 Å². The monoisotopic (exact) mass is 368 g/mol. The second-order valence-corrected chi connectivity index (χ2v) is 8.38. The summed E-state index contributed by atoms with van der Waals surface area (Å²) in [6.45, 7) is 3.12. The minimum atomic E-state index is -3.45. The Labute approximate surface area is 148 Å². The molecular formula is C16H24N4O4S. The van der Waals surface area contributed by atoms with E-state index in [1.807, 2.05) is 0 Å². The number of piperidine rings is 3. The molecule has 0 radical (unpaired) electrons. The summed E-state index contributed by atoms with van der Waals surface area (Å²) in [5.74, 6) is 0.919. The molecule has 4 rings (SSSR count). The zero-order valence-electron chi connectivity index (χ0n) is 14.4. The summed E-state index contributed by atoms with van der Waals surface area (Å²) in [4.78, 5) is 14.7. The fourth-order valence-electron chi connectivity index (χ4n) is 3.53. The summed E-state index contributed by atoms with van der Waals surface area (Å²) in [7, 11) is -1.99. The Balaban J connectivity index is 1.65. The molecular weight excluding hydrogens is 344 g/mol. The predicted molar refractivity (Wildman–Crippen MR) is 96.6 cm³/mol. The van der Waals surface area contributed by atoms with E-state index in [0.29, 0.717) is 17.4 Å². The fourth-order valence-corrected chi connectivity index (χ4v) is 4.09. The van der Waals surface area contributed by atoms with Gasteiger partial charge in [-0.05, 0) is 50.0 Å². The molecule has 1 aromatic rings. The lowest BCUT2D eigenvalue weighted by molar-refractivity contribution is 0.0777. The van der Waals surface area contributed by atoms with E-state index in [-0.39, 0.29) is 17.8 Å². The minimum Gasteiger partial charge on any atom is -0.495 e. The van der Waals surface area contributed by atoms with Crippen molar-refractivity contribution in [1.82, 2.24) is 10.2 Å². The molecule has 0 spiro atoms. The Hall–Kier alpha value is -2.00. The Morgan fingerprint density at radius 1 is 1.28 bits per heavy atom. The summed E-state index contributed by atoms with van der Waals surface area (Å²) >= 11 is 0. The first-order valence-electron chi connectivity index (χ1n) is 8.30. The van der Waals surface area contributed by atoms with Crippen molar-refractivity contribution in [2.24, 2.45) is 5.92 Å². The van der Waals surface area contributed by atoms with E-state index in [9.17, 15) is 13.2 Å². The fraction of sp³-hybridized carbons (Fsp3) is 0.562. The van der Waals surface area contributed by atoms with Crippen LogP contribution in [-0.4, -0.2) is 58.4 Å². The summed E-state index contributed by atoms with van der Waals surface area (Å²) in [5.41, 5.74) is 0.774. The first-order valence-corrected chi connectivity index (χ1v) is 10.2. The van der Waals surface area contributed by atoms with Crippen molar-refractivity contribution in [3.63, 3.8) is 0 Å². The van der Waals surface area contributed by atoms with Gasteiger partial charge >= 0.3 is 6.03 Å². The second kappa shape index (κ2) is 7.09. The number of anilines is 2. The van der Waals surface area contributed by atoms with Gasteiger partial charge in [-0.25, -0.2) is 13.2 Å². The largest absolute Gasteiger partial charge is 0.495 e. The molecule has 3 aliphatic rings. The van der Waals surface area contributed by atoms with Gasteiger partial charge in [0, 0.05) is 18.3 Å². The molecule has 1 unspecified atom stereocenters. The Morgan fingerprint density at radius 3 is 2.56 bits per heavy atom. The maximum Gasteiger partial charge on any atom is 0.319 e. The number of hydrogen-bond acceptors (Lipinski definition) is 5. The molecule has 1 aromatic carbocycles. The standard InChI is InChI=1S/C16H24N4O4S/c1-24-15-4-3-12(9-13(15)19-25(2,22)23)17-16(21)18-14-10-20-7-5-11(14)6-8-20/h3-4,9,11,14,19H,5-8,10H2,1-2H3,(H2,17,18,21). The number of benzene rings is 1. The lowest BCUT2D eigenvalue weighted by Gasteiger charge is -2.44. The number of hydrogen-bond donors (Lipinski definition) is 3. The molecule has 2 bridgehead atoms. The molecule has 0 aromatic heterocycles. The minimum absolute atomic E-state index is 0.161. The SMILES string of the molecule is COc1ccc(NC(=O)NC2CN3CCC2CC3)cc1NS(C)(=O)=O. The maximum atomic E-state index is 12.3. The molecule has 1 atom stereocenters. The molecule has 25 heavy (non-hydrogen) atoms. The number of amides is 2. The van der Waals surface area contributed by atoms with Crippen LogP contribution < -0.4 is 20.1 Å². The number of carbonyl (C=O) groups is 1. The van der Waals surface area contributed by atoms with Crippen LogP contribution >= 0.6 is 0 Å². The third kappa shape index (κ3) is 4.55. The smallest absolute Gasteiger partial charge is 0.319 e. The number of sulfonamides is 1. The Morgan fingerprint density at radius 2 is 2.00 bits per heavy atom. The van der Waals surface area contributed by atoms with Crippen LogP contribution in [0.3, 0.4) is 0 Å². The highest BCUT2D eigenvalue weighted by Crippen LogP contribution is 2.29. The van der Waals surface area contributed by atoms with E-state index in [1.165, 1.54) is 13.2 Å². The van der Waals surface area contributed by atoms with Crippen molar-refractivity contribution in [1.29, 1.82) is 0 Å². The molecule has 138 valence electrons. The first kappa shape index (κ1) is 17.8. The molecule has 0 aliphatic carbocycles. The number of ether oxygens (including phenoxy) is 1. The summed E-state index contributed by atoms with van der Waals surface area (Å²) in [6, 6.07) is 4.69. The average molecular weight is 368 g/mol.